The van der Waals surface area contributed by atoms with Crippen LogP contribution in [0, 0.1) is 5.82 Å². The Balaban J connectivity index is 1.55. The number of hydrogen-bond acceptors (Lipinski definition) is 4. The summed E-state index contributed by atoms with van der Waals surface area (Å²) in [7, 11) is 0. The molecule has 0 saturated heterocycles. The number of anilines is 1. The molecule has 0 saturated carbocycles. The van der Waals surface area contributed by atoms with Gasteiger partial charge in [-0.05, 0) is 62.4 Å². The van der Waals surface area contributed by atoms with Crippen molar-refractivity contribution in [1.82, 2.24) is 9.55 Å². The Morgan fingerprint density at radius 1 is 1.25 bits per heavy atom. The highest BCUT2D eigenvalue weighted by atomic mass is 32.1. The fourth-order valence-electron chi connectivity index (χ4n) is 3.82. The first-order valence-corrected chi connectivity index (χ1v) is 10.5. The third-order valence-electron chi connectivity index (χ3n) is 5.26. The van der Waals surface area contributed by atoms with Gasteiger partial charge in [0.25, 0.3) is 5.56 Å². The molecular formula is C21H22FN3O2S. The van der Waals surface area contributed by atoms with Crippen molar-refractivity contribution in [2.45, 2.75) is 45.6 Å². The number of fused-ring (bicyclic) bond motifs is 3. The van der Waals surface area contributed by atoms with E-state index in [-0.39, 0.29) is 30.2 Å². The van der Waals surface area contributed by atoms with E-state index in [1.54, 1.807) is 39.3 Å². The zero-order chi connectivity index (χ0) is 19.7. The lowest BCUT2D eigenvalue weighted by Crippen LogP contribution is -2.32. The average molecular weight is 399 g/mol. The smallest absolute Gasteiger partial charge is 0.262 e. The number of halogens is 1. The maximum Gasteiger partial charge on any atom is 0.262 e. The van der Waals surface area contributed by atoms with Gasteiger partial charge in [-0.15, -0.1) is 11.3 Å². The third-order valence-corrected chi connectivity index (χ3v) is 6.46. The van der Waals surface area contributed by atoms with Gasteiger partial charge in [0.2, 0.25) is 5.91 Å². The third kappa shape index (κ3) is 3.46. The minimum absolute atomic E-state index is 0.0537. The Bertz CT molecular complexity index is 1070. The molecule has 0 spiro atoms. The number of benzene rings is 1. The van der Waals surface area contributed by atoms with Gasteiger partial charge in [0, 0.05) is 30.1 Å². The first-order valence-electron chi connectivity index (χ1n) is 9.64. The second-order valence-electron chi connectivity index (χ2n) is 7.00. The molecule has 0 unspecified atom stereocenters. The van der Waals surface area contributed by atoms with Crippen molar-refractivity contribution < 1.29 is 9.18 Å². The molecule has 0 fully saturated rings. The first-order chi connectivity index (χ1) is 13.6. The van der Waals surface area contributed by atoms with Crippen LogP contribution in [-0.2, 0) is 24.2 Å². The van der Waals surface area contributed by atoms with Crippen LogP contribution in [-0.4, -0.2) is 22.0 Å². The fourth-order valence-corrected chi connectivity index (χ4v) is 5.03. The van der Waals surface area contributed by atoms with E-state index in [4.69, 9.17) is 0 Å². The Kier molecular flexibility index (Phi) is 5.26. The summed E-state index contributed by atoms with van der Waals surface area (Å²) in [6.07, 6.45) is 5.97. The van der Waals surface area contributed by atoms with Crippen molar-refractivity contribution >= 4 is 33.1 Å². The van der Waals surface area contributed by atoms with Gasteiger partial charge in [-0.2, -0.15) is 0 Å². The van der Waals surface area contributed by atoms with E-state index in [2.05, 4.69) is 4.98 Å². The van der Waals surface area contributed by atoms with Gasteiger partial charge in [-0.1, -0.05) is 0 Å². The number of thiophene rings is 1. The standard InChI is InChI=1S/C21H22FN3O2S/c1-2-25(15-9-7-14(22)8-10-15)18(26)11-12-24-13-23-20-19(21(24)27)16-5-3-4-6-17(16)28-20/h7-10,13H,2-6,11-12H2,1H3. The second-order valence-corrected chi connectivity index (χ2v) is 8.08. The van der Waals surface area contributed by atoms with Crippen LogP contribution in [0.4, 0.5) is 10.1 Å². The normalized spacial score (nSPS) is 13.5. The van der Waals surface area contributed by atoms with Crippen molar-refractivity contribution in [3.63, 3.8) is 0 Å². The quantitative estimate of drug-likeness (QED) is 0.653. The van der Waals surface area contributed by atoms with Gasteiger partial charge in [-0.25, -0.2) is 9.37 Å². The summed E-state index contributed by atoms with van der Waals surface area (Å²) in [4.78, 5) is 33.8. The summed E-state index contributed by atoms with van der Waals surface area (Å²) in [6, 6.07) is 5.86. The minimum Gasteiger partial charge on any atom is -0.313 e. The molecule has 1 aliphatic rings. The molecule has 28 heavy (non-hydrogen) atoms. The molecular weight excluding hydrogens is 377 g/mol. The van der Waals surface area contributed by atoms with E-state index >= 15 is 0 Å². The maximum absolute atomic E-state index is 13.1. The predicted molar refractivity (Wildman–Crippen MR) is 110 cm³/mol. The Morgan fingerprint density at radius 2 is 2.00 bits per heavy atom. The number of amides is 1. The lowest BCUT2D eigenvalue weighted by atomic mass is 9.97. The van der Waals surface area contributed by atoms with Gasteiger partial charge < -0.3 is 4.90 Å². The number of carbonyl (C=O) groups is 1. The molecule has 0 bridgehead atoms. The molecule has 0 N–H and O–H groups in total. The Morgan fingerprint density at radius 3 is 2.75 bits per heavy atom. The Labute approximate surface area is 166 Å². The summed E-state index contributed by atoms with van der Waals surface area (Å²) in [5, 5.41) is 0.737. The molecule has 1 aliphatic carbocycles. The molecule has 3 aromatic rings. The van der Waals surface area contributed by atoms with Crippen molar-refractivity contribution in [1.29, 1.82) is 0 Å². The van der Waals surface area contributed by atoms with E-state index in [1.807, 2.05) is 6.92 Å². The zero-order valence-corrected chi connectivity index (χ0v) is 16.6. The molecule has 0 aliphatic heterocycles. The van der Waals surface area contributed by atoms with Crippen molar-refractivity contribution in [3.8, 4) is 0 Å². The van der Waals surface area contributed by atoms with Crippen LogP contribution in [0.2, 0.25) is 0 Å². The highest BCUT2D eigenvalue weighted by molar-refractivity contribution is 7.18. The number of hydrogen-bond donors (Lipinski definition) is 0. The van der Waals surface area contributed by atoms with Crippen LogP contribution < -0.4 is 10.5 Å². The van der Waals surface area contributed by atoms with Crippen LogP contribution >= 0.6 is 11.3 Å². The summed E-state index contributed by atoms with van der Waals surface area (Å²) in [6.45, 7) is 2.64. The van der Waals surface area contributed by atoms with E-state index < -0.39 is 0 Å². The number of aryl methyl sites for hydroxylation is 3. The molecule has 7 heteroatoms. The van der Waals surface area contributed by atoms with Gasteiger partial charge in [0.05, 0.1) is 11.7 Å². The fraction of sp³-hybridized carbons (Fsp3) is 0.381. The van der Waals surface area contributed by atoms with E-state index in [0.717, 1.165) is 35.0 Å². The number of carbonyl (C=O) groups excluding carboxylic acids is 1. The molecule has 2 heterocycles. The molecule has 0 atom stereocenters. The highest BCUT2D eigenvalue weighted by Crippen LogP contribution is 2.33. The number of aromatic nitrogens is 2. The Hall–Kier alpha value is -2.54. The summed E-state index contributed by atoms with van der Waals surface area (Å²) < 4.78 is 14.7. The number of nitrogens with zero attached hydrogens (tertiary/aromatic N) is 3. The van der Waals surface area contributed by atoms with E-state index in [0.29, 0.717) is 12.2 Å². The highest BCUT2D eigenvalue weighted by Gasteiger charge is 2.20. The summed E-state index contributed by atoms with van der Waals surface area (Å²) in [5.41, 5.74) is 1.76. The molecule has 1 amide bonds. The van der Waals surface area contributed by atoms with Gasteiger partial charge in [0.15, 0.2) is 0 Å². The topological polar surface area (TPSA) is 55.2 Å². The average Bonchev–Trinajstić information content (AvgIpc) is 3.09. The first kappa shape index (κ1) is 18.8. The monoisotopic (exact) mass is 399 g/mol. The molecule has 5 nitrogen and oxygen atoms in total. The lowest BCUT2D eigenvalue weighted by molar-refractivity contribution is -0.118. The van der Waals surface area contributed by atoms with Crippen LogP contribution in [0.1, 0.15) is 36.6 Å². The van der Waals surface area contributed by atoms with Gasteiger partial charge >= 0.3 is 0 Å². The zero-order valence-electron chi connectivity index (χ0n) is 15.8. The van der Waals surface area contributed by atoms with Crippen molar-refractivity contribution in [2.24, 2.45) is 0 Å². The SMILES string of the molecule is CCN(C(=O)CCn1cnc2sc3c(c2c1=O)CCCC3)c1ccc(F)cc1. The van der Waals surface area contributed by atoms with E-state index in [1.165, 1.54) is 23.4 Å². The largest absolute Gasteiger partial charge is 0.313 e. The molecule has 2 aromatic heterocycles. The molecule has 1 aromatic carbocycles. The van der Waals surface area contributed by atoms with Gasteiger partial charge in [0.1, 0.15) is 10.6 Å². The molecule has 146 valence electrons. The van der Waals surface area contributed by atoms with Crippen molar-refractivity contribution in [2.75, 3.05) is 11.4 Å². The van der Waals surface area contributed by atoms with Crippen LogP contribution in [0.5, 0.6) is 0 Å². The van der Waals surface area contributed by atoms with Gasteiger partial charge in [-0.3, -0.25) is 14.2 Å². The van der Waals surface area contributed by atoms with Crippen LogP contribution in [0.25, 0.3) is 10.2 Å². The minimum atomic E-state index is -0.336. The molecule has 0 radical (unpaired) electrons. The van der Waals surface area contributed by atoms with Crippen molar-refractivity contribution in [3.05, 3.63) is 57.2 Å². The lowest BCUT2D eigenvalue weighted by Gasteiger charge is -2.21. The predicted octanol–water partition coefficient (Wildman–Crippen LogP) is 3.92. The second kappa shape index (κ2) is 7.83. The summed E-state index contributed by atoms with van der Waals surface area (Å²) >= 11 is 1.62. The number of rotatable bonds is 5. The maximum atomic E-state index is 13.1. The van der Waals surface area contributed by atoms with E-state index in [9.17, 15) is 14.0 Å². The van der Waals surface area contributed by atoms with Crippen LogP contribution in [0.3, 0.4) is 0 Å². The summed E-state index contributed by atoms with van der Waals surface area (Å²) in [5.74, 6) is -0.439. The molecule has 4 rings (SSSR count). The van der Waals surface area contributed by atoms with Crippen LogP contribution in [0.15, 0.2) is 35.4 Å².